The molecule has 3 rings (SSSR count). The van der Waals surface area contributed by atoms with E-state index < -0.39 is 0 Å². The molecule has 6 heteroatoms. The lowest BCUT2D eigenvalue weighted by molar-refractivity contribution is 0.305. The van der Waals surface area contributed by atoms with Crippen molar-refractivity contribution in [2.75, 3.05) is 6.54 Å². The summed E-state index contributed by atoms with van der Waals surface area (Å²) in [6.45, 7) is 3.02. The van der Waals surface area contributed by atoms with Gasteiger partial charge in [-0.25, -0.2) is 4.98 Å². The number of benzene rings is 1. The van der Waals surface area contributed by atoms with Gasteiger partial charge >= 0.3 is 0 Å². The van der Waals surface area contributed by atoms with Crippen LogP contribution in [0, 0.1) is 0 Å². The molecule has 0 bridgehead atoms. The molecule has 0 aliphatic heterocycles. The molecule has 1 aromatic carbocycles. The topological polar surface area (TPSA) is 52.0 Å². The maximum Gasteiger partial charge on any atom is 0.140 e. The van der Waals surface area contributed by atoms with Crippen LogP contribution in [0.5, 0.6) is 5.75 Å². The average Bonchev–Trinajstić information content (AvgIpc) is 3.22. The van der Waals surface area contributed by atoms with Gasteiger partial charge in [-0.05, 0) is 18.2 Å². The standard InChI is InChI=1S/C16H18N4OS/c1-2-5-15(6-3-1)21-12-16-19-14(13-22-16)11-17-8-10-20-9-4-7-18-20/h1-7,9,13,17H,8,10-12H2. The molecule has 0 radical (unpaired) electrons. The summed E-state index contributed by atoms with van der Waals surface area (Å²) in [5.74, 6) is 0.872. The van der Waals surface area contributed by atoms with Gasteiger partial charge < -0.3 is 10.1 Å². The van der Waals surface area contributed by atoms with Gasteiger partial charge in [0.25, 0.3) is 0 Å². The van der Waals surface area contributed by atoms with Gasteiger partial charge in [-0.3, -0.25) is 4.68 Å². The molecule has 0 aliphatic rings. The van der Waals surface area contributed by atoms with Crippen molar-refractivity contribution in [1.29, 1.82) is 0 Å². The van der Waals surface area contributed by atoms with Crippen molar-refractivity contribution in [1.82, 2.24) is 20.1 Å². The minimum absolute atomic E-state index is 0.516. The number of nitrogens with one attached hydrogen (secondary N) is 1. The fourth-order valence-corrected chi connectivity index (χ4v) is 2.71. The van der Waals surface area contributed by atoms with E-state index in [1.165, 1.54) is 0 Å². The Hall–Kier alpha value is -2.18. The van der Waals surface area contributed by atoms with Crippen LogP contribution in [0.1, 0.15) is 10.7 Å². The number of ether oxygens (including phenoxy) is 1. The van der Waals surface area contributed by atoms with E-state index in [2.05, 4.69) is 20.8 Å². The van der Waals surface area contributed by atoms with Crippen LogP contribution in [0.2, 0.25) is 0 Å². The molecule has 0 spiro atoms. The number of para-hydroxylation sites is 1. The second-order valence-corrected chi connectivity index (χ2v) is 5.72. The van der Waals surface area contributed by atoms with Gasteiger partial charge in [0.05, 0.1) is 12.2 Å². The Kier molecular flexibility index (Phi) is 5.18. The highest BCUT2D eigenvalue weighted by Crippen LogP contribution is 2.14. The summed E-state index contributed by atoms with van der Waals surface area (Å²) in [6, 6.07) is 11.7. The molecular weight excluding hydrogens is 296 g/mol. The van der Waals surface area contributed by atoms with E-state index in [0.717, 1.165) is 36.1 Å². The Labute approximate surface area is 133 Å². The van der Waals surface area contributed by atoms with Crippen LogP contribution in [-0.4, -0.2) is 21.3 Å². The van der Waals surface area contributed by atoms with E-state index in [1.807, 2.05) is 47.3 Å². The van der Waals surface area contributed by atoms with Crippen LogP contribution in [0.3, 0.4) is 0 Å². The Balaban J connectivity index is 1.39. The number of hydrogen-bond acceptors (Lipinski definition) is 5. The van der Waals surface area contributed by atoms with Gasteiger partial charge in [-0.2, -0.15) is 5.10 Å². The van der Waals surface area contributed by atoms with Crippen molar-refractivity contribution in [3.05, 3.63) is 64.9 Å². The molecule has 0 atom stereocenters. The zero-order valence-electron chi connectivity index (χ0n) is 12.2. The molecule has 22 heavy (non-hydrogen) atoms. The van der Waals surface area contributed by atoms with E-state index in [1.54, 1.807) is 17.5 Å². The summed E-state index contributed by atoms with van der Waals surface area (Å²) in [4.78, 5) is 4.57. The third-order valence-electron chi connectivity index (χ3n) is 3.09. The molecule has 1 N–H and O–H groups in total. The highest BCUT2D eigenvalue weighted by atomic mass is 32.1. The second-order valence-electron chi connectivity index (χ2n) is 4.78. The summed E-state index contributed by atoms with van der Waals surface area (Å²) in [6.07, 6.45) is 3.75. The van der Waals surface area contributed by atoms with Crippen molar-refractivity contribution in [3.63, 3.8) is 0 Å². The van der Waals surface area contributed by atoms with Gasteiger partial charge in [0.1, 0.15) is 17.4 Å². The fourth-order valence-electron chi connectivity index (χ4n) is 2.00. The number of nitrogens with zero attached hydrogens (tertiary/aromatic N) is 3. The third kappa shape index (κ3) is 4.41. The summed E-state index contributed by atoms with van der Waals surface area (Å²) < 4.78 is 7.61. The molecule has 114 valence electrons. The van der Waals surface area contributed by atoms with Crippen LogP contribution in [0.25, 0.3) is 0 Å². The summed E-state index contributed by atoms with van der Waals surface area (Å²) in [5, 5.41) is 10.6. The lowest BCUT2D eigenvalue weighted by Crippen LogP contribution is -2.19. The maximum absolute atomic E-state index is 5.70. The largest absolute Gasteiger partial charge is 0.486 e. The number of rotatable bonds is 8. The van der Waals surface area contributed by atoms with Crippen LogP contribution in [0.15, 0.2) is 54.2 Å². The van der Waals surface area contributed by atoms with E-state index in [4.69, 9.17) is 4.74 Å². The van der Waals surface area contributed by atoms with Crippen molar-refractivity contribution in [2.45, 2.75) is 19.7 Å². The van der Waals surface area contributed by atoms with Crippen molar-refractivity contribution >= 4 is 11.3 Å². The van der Waals surface area contributed by atoms with Gasteiger partial charge in [0.2, 0.25) is 0 Å². The first-order valence-electron chi connectivity index (χ1n) is 7.19. The normalized spacial score (nSPS) is 10.7. The Morgan fingerprint density at radius 1 is 1.18 bits per heavy atom. The quantitative estimate of drug-likeness (QED) is 0.650. The minimum atomic E-state index is 0.516. The van der Waals surface area contributed by atoms with E-state index in [9.17, 15) is 0 Å². The van der Waals surface area contributed by atoms with Crippen molar-refractivity contribution in [2.24, 2.45) is 0 Å². The predicted octanol–water partition coefficient (Wildman–Crippen LogP) is 2.71. The highest BCUT2D eigenvalue weighted by Gasteiger charge is 2.03. The van der Waals surface area contributed by atoms with Gasteiger partial charge in [0, 0.05) is 30.9 Å². The first-order valence-corrected chi connectivity index (χ1v) is 8.07. The molecule has 3 aromatic rings. The fraction of sp³-hybridized carbons (Fsp3) is 0.250. The summed E-state index contributed by atoms with van der Waals surface area (Å²) >= 11 is 1.63. The number of thiazole rings is 1. The van der Waals surface area contributed by atoms with E-state index >= 15 is 0 Å². The lowest BCUT2D eigenvalue weighted by atomic mass is 10.3. The Bertz CT molecular complexity index is 667. The average molecular weight is 314 g/mol. The Morgan fingerprint density at radius 3 is 2.91 bits per heavy atom. The number of aromatic nitrogens is 3. The smallest absolute Gasteiger partial charge is 0.140 e. The predicted molar refractivity (Wildman–Crippen MR) is 86.8 cm³/mol. The highest BCUT2D eigenvalue weighted by molar-refractivity contribution is 7.09. The zero-order valence-corrected chi connectivity index (χ0v) is 13.0. The molecule has 0 unspecified atom stereocenters. The van der Waals surface area contributed by atoms with Crippen LogP contribution >= 0.6 is 11.3 Å². The molecule has 0 saturated carbocycles. The molecule has 2 heterocycles. The van der Waals surface area contributed by atoms with Crippen LogP contribution in [0.4, 0.5) is 0 Å². The van der Waals surface area contributed by atoms with Gasteiger partial charge in [-0.1, -0.05) is 18.2 Å². The monoisotopic (exact) mass is 314 g/mol. The molecule has 2 aromatic heterocycles. The van der Waals surface area contributed by atoms with Crippen molar-refractivity contribution in [3.8, 4) is 5.75 Å². The molecule has 0 aliphatic carbocycles. The van der Waals surface area contributed by atoms with Gasteiger partial charge in [-0.15, -0.1) is 11.3 Å². The van der Waals surface area contributed by atoms with Gasteiger partial charge in [0.15, 0.2) is 0 Å². The maximum atomic E-state index is 5.70. The molecule has 0 fully saturated rings. The van der Waals surface area contributed by atoms with Crippen LogP contribution in [-0.2, 0) is 19.7 Å². The number of hydrogen-bond donors (Lipinski definition) is 1. The molecule has 0 amide bonds. The van der Waals surface area contributed by atoms with E-state index in [0.29, 0.717) is 6.61 Å². The zero-order chi connectivity index (χ0) is 15.0. The molecule has 0 saturated heterocycles. The van der Waals surface area contributed by atoms with Crippen molar-refractivity contribution < 1.29 is 4.74 Å². The summed E-state index contributed by atoms with van der Waals surface area (Å²) in [7, 11) is 0. The summed E-state index contributed by atoms with van der Waals surface area (Å²) in [5.41, 5.74) is 1.05. The Morgan fingerprint density at radius 2 is 2.09 bits per heavy atom. The lowest BCUT2D eigenvalue weighted by Gasteiger charge is -2.03. The molecule has 5 nitrogen and oxygen atoms in total. The first-order chi connectivity index (χ1) is 10.9. The van der Waals surface area contributed by atoms with Crippen LogP contribution < -0.4 is 10.1 Å². The SMILES string of the molecule is c1ccc(OCc2nc(CNCCn3cccn3)cs2)cc1. The third-order valence-corrected chi connectivity index (χ3v) is 3.96. The minimum Gasteiger partial charge on any atom is -0.486 e. The molecular formula is C16H18N4OS. The second kappa shape index (κ2) is 7.72. The van der Waals surface area contributed by atoms with E-state index in [-0.39, 0.29) is 0 Å². The first kappa shape index (κ1) is 14.7.